The third-order valence-corrected chi connectivity index (χ3v) is 3.29. The Balaban J connectivity index is 2.47. The molecule has 0 aliphatic heterocycles. The lowest BCUT2D eigenvalue weighted by Gasteiger charge is -2.07. The van der Waals surface area contributed by atoms with Gasteiger partial charge in [0.1, 0.15) is 0 Å². The Kier molecular flexibility index (Phi) is 2.57. The number of fused-ring (bicyclic) bond motifs is 1. The van der Waals surface area contributed by atoms with Gasteiger partial charge in [-0.1, -0.05) is 12.1 Å². The maximum absolute atomic E-state index is 2.27. The molecule has 14 heavy (non-hydrogen) atoms. The molecule has 2 aromatic rings. The van der Waals surface area contributed by atoms with Crippen LogP contribution in [0.25, 0.3) is 10.1 Å². The Morgan fingerprint density at radius 2 is 2.07 bits per heavy atom. The Labute approximate surface area is 89.0 Å². The molecular formula is C12H15NS. The number of nitrogens with zero attached hydrogens (tertiary/aromatic N) is 1. The fourth-order valence-corrected chi connectivity index (χ4v) is 2.70. The molecule has 0 fully saturated rings. The van der Waals surface area contributed by atoms with Gasteiger partial charge in [0.05, 0.1) is 0 Å². The summed E-state index contributed by atoms with van der Waals surface area (Å²) in [7, 11) is 4.22. The average Bonchev–Trinajstić information content (AvgIpc) is 2.47. The van der Waals surface area contributed by atoms with Crippen molar-refractivity contribution in [2.24, 2.45) is 0 Å². The molecule has 1 nitrogen and oxygen atoms in total. The molecule has 74 valence electrons. The molecular weight excluding hydrogens is 190 g/mol. The summed E-state index contributed by atoms with van der Waals surface area (Å²) in [4.78, 5) is 2.21. The van der Waals surface area contributed by atoms with E-state index in [9.17, 15) is 0 Å². The first-order valence-electron chi connectivity index (χ1n) is 4.78. The van der Waals surface area contributed by atoms with Crippen molar-refractivity contribution >= 4 is 21.4 Å². The fraction of sp³-hybridized carbons (Fsp3) is 0.333. The van der Waals surface area contributed by atoms with Gasteiger partial charge in [-0.2, -0.15) is 0 Å². The van der Waals surface area contributed by atoms with Crippen LogP contribution in [0, 0.1) is 6.92 Å². The number of benzene rings is 1. The van der Waals surface area contributed by atoms with E-state index in [4.69, 9.17) is 0 Å². The first kappa shape index (κ1) is 9.69. The van der Waals surface area contributed by atoms with Gasteiger partial charge in [-0.05, 0) is 49.0 Å². The van der Waals surface area contributed by atoms with E-state index < -0.39 is 0 Å². The van der Waals surface area contributed by atoms with Gasteiger partial charge in [0.25, 0.3) is 0 Å². The molecule has 0 spiro atoms. The lowest BCUT2D eigenvalue weighted by atomic mass is 10.1. The minimum Gasteiger partial charge on any atom is -0.305 e. The molecule has 2 heteroatoms. The molecule has 0 aliphatic rings. The standard InChI is InChI=1S/C12H15NS/c1-9-4-5-11-10(7-13(2)3)8-14-12(11)6-9/h4-6,8H,7H2,1-3H3. The minimum absolute atomic E-state index is 1.03. The van der Waals surface area contributed by atoms with Crippen LogP contribution in [0.2, 0.25) is 0 Å². The van der Waals surface area contributed by atoms with E-state index in [1.54, 1.807) is 0 Å². The van der Waals surface area contributed by atoms with Crippen molar-refractivity contribution in [1.29, 1.82) is 0 Å². The zero-order valence-corrected chi connectivity index (χ0v) is 9.69. The third kappa shape index (κ3) is 1.81. The summed E-state index contributed by atoms with van der Waals surface area (Å²) in [5.41, 5.74) is 2.78. The fourth-order valence-electron chi connectivity index (χ4n) is 1.65. The highest BCUT2D eigenvalue weighted by molar-refractivity contribution is 7.17. The Morgan fingerprint density at radius 3 is 2.79 bits per heavy atom. The summed E-state index contributed by atoms with van der Waals surface area (Å²) >= 11 is 1.84. The van der Waals surface area contributed by atoms with Gasteiger partial charge in [-0.25, -0.2) is 0 Å². The SMILES string of the molecule is Cc1ccc2c(CN(C)C)csc2c1. The van der Waals surface area contributed by atoms with Crippen LogP contribution in [0.4, 0.5) is 0 Å². The van der Waals surface area contributed by atoms with Crippen molar-refractivity contribution in [3.05, 3.63) is 34.7 Å². The smallest absolute Gasteiger partial charge is 0.0348 e. The topological polar surface area (TPSA) is 3.24 Å². The van der Waals surface area contributed by atoms with Crippen molar-refractivity contribution in [2.45, 2.75) is 13.5 Å². The van der Waals surface area contributed by atoms with E-state index in [-0.39, 0.29) is 0 Å². The molecule has 0 radical (unpaired) electrons. The van der Waals surface area contributed by atoms with Crippen LogP contribution in [0.5, 0.6) is 0 Å². The number of rotatable bonds is 2. The van der Waals surface area contributed by atoms with Crippen molar-refractivity contribution in [1.82, 2.24) is 4.90 Å². The van der Waals surface area contributed by atoms with Gasteiger partial charge in [-0.3, -0.25) is 0 Å². The molecule has 0 atom stereocenters. The molecule has 0 saturated carbocycles. The highest BCUT2D eigenvalue weighted by Crippen LogP contribution is 2.27. The first-order valence-corrected chi connectivity index (χ1v) is 5.66. The second-order valence-electron chi connectivity index (χ2n) is 4.00. The van der Waals surface area contributed by atoms with Gasteiger partial charge in [0, 0.05) is 11.2 Å². The molecule has 0 unspecified atom stereocenters. The summed E-state index contributed by atoms with van der Waals surface area (Å²) < 4.78 is 1.40. The lowest BCUT2D eigenvalue weighted by molar-refractivity contribution is 0.404. The molecule has 0 aliphatic carbocycles. The van der Waals surface area contributed by atoms with E-state index in [1.807, 2.05) is 11.3 Å². The highest BCUT2D eigenvalue weighted by atomic mass is 32.1. The molecule has 2 rings (SSSR count). The van der Waals surface area contributed by atoms with E-state index in [0.717, 1.165) is 6.54 Å². The molecule has 1 aromatic carbocycles. The van der Waals surface area contributed by atoms with E-state index >= 15 is 0 Å². The van der Waals surface area contributed by atoms with E-state index in [0.29, 0.717) is 0 Å². The van der Waals surface area contributed by atoms with Crippen LogP contribution in [-0.4, -0.2) is 19.0 Å². The maximum Gasteiger partial charge on any atom is 0.0348 e. The van der Waals surface area contributed by atoms with Gasteiger partial charge in [0.15, 0.2) is 0 Å². The highest BCUT2D eigenvalue weighted by Gasteiger charge is 2.04. The second kappa shape index (κ2) is 3.71. The number of thiophene rings is 1. The first-order chi connectivity index (χ1) is 6.66. The molecule has 0 bridgehead atoms. The van der Waals surface area contributed by atoms with Gasteiger partial charge >= 0.3 is 0 Å². The Bertz CT molecular complexity index is 443. The summed E-state index contributed by atoms with van der Waals surface area (Å²) in [6, 6.07) is 6.69. The van der Waals surface area contributed by atoms with E-state index in [1.165, 1.54) is 21.2 Å². The average molecular weight is 205 g/mol. The normalized spacial score (nSPS) is 11.4. The summed E-state index contributed by atoms with van der Waals surface area (Å²) in [6.07, 6.45) is 0. The lowest BCUT2D eigenvalue weighted by Crippen LogP contribution is -2.09. The zero-order chi connectivity index (χ0) is 10.1. The third-order valence-electron chi connectivity index (χ3n) is 2.30. The van der Waals surface area contributed by atoms with Crippen molar-refractivity contribution in [2.75, 3.05) is 14.1 Å². The molecule has 1 aromatic heterocycles. The quantitative estimate of drug-likeness (QED) is 0.727. The van der Waals surface area contributed by atoms with Crippen LogP contribution in [-0.2, 0) is 6.54 Å². The van der Waals surface area contributed by atoms with Crippen LogP contribution < -0.4 is 0 Å². The molecule has 1 heterocycles. The van der Waals surface area contributed by atoms with Crippen molar-refractivity contribution in [3.63, 3.8) is 0 Å². The number of hydrogen-bond donors (Lipinski definition) is 0. The van der Waals surface area contributed by atoms with Gasteiger partial charge < -0.3 is 4.90 Å². The predicted molar refractivity (Wildman–Crippen MR) is 64.0 cm³/mol. The van der Waals surface area contributed by atoms with Crippen molar-refractivity contribution in [3.8, 4) is 0 Å². The second-order valence-corrected chi connectivity index (χ2v) is 4.91. The van der Waals surface area contributed by atoms with Gasteiger partial charge in [-0.15, -0.1) is 11.3 Å². The minimum atomic E-state index is 1.03. The van der Waals surface area contributed by atoms with E-state index in [2.05, 4.69) is 49.5 Å². The van der Waals surface area contributed by atoms with Crippen molar-refractivity contribution < 1.29 is 0 Å². The Hall–Kier alpha value is -0.860. The maximum atomic E-state index is 2.27. The largest absolute Gasteiger partial charge is 0.305 e. The molecule has 0 amide bonds. The van der Waals surface area contributed by atoms with Crippen LogP contribution >= 0.6 is 11.3 Å². The number of aryl methyl sites for hydroxylation is 1. The van der Waals surface area contributed by atoms with Gasteiger partial charge in [0.2, 0.25) is 0 Å². The summed E-state index contributed by atoms with van der Waals surface area (Å²) in [5.74, 6) is 0. The molecule has 0 N–H and O–H groups in total. The summed E-state index contributed by atoms with van der Waals surface area (Å²) in [6.45, 7) is 3.17. The van der Waals surface area contributed by atoms with Crippen LogP contribution in [0.15, 0.2) is 23.6 Å². The molecule has 0 saturated heterocycles. The van der Waals surface area contributed by atoms with Crippen LogP contribution in [0.3, 0.4) is 0 Å². The Morgan fingerprint density at radius 1 is 1.29 bits per heavy atom. The monoisotopic (exact) mass is 205 g/mol. The number of hydrogen-bond acceptors (Lipinski definition) is 2. The summed E-state index contributed by atoms with van der Waals surface area (Å²) in [5, 5.41) is 3.68. The predicted octanol–water partition coefficient (Wildman–Crippen LogP) is 3.27. The van der Waals surface area contributed by atoms with Crippen LogP contribution in [0.1, 0.15) is 11.1 Å². The zero-order valence-electron chi connectivity index (χ0n) is 8.87.